The van der Waals surface area contributed by atoms with Crippen LogP contribution in [0.25, 0.3) is 0 Å². The maximum Gasteiger partial charge on any atom is 0.253 e. The van der Waals surface area contributed by atoms with Gasteiger partial charge in [-0.25, -0.2) is 4.39 Å². The fourth-order valence-corrected chi connectivity index (χ4v) is 5.21. The second-order valence-corrected chi connectivity index (χ2v) is 10.1. The van der Waals surface area contributed by atoms with Crippen molar-refractivity contribution in [2.24, 2.45) is 0 Å². The van der Waals surface area contributed by atoms with Crippen molar-refractivity contribution in [1.29, 1.82) is 0 Å². The number of carbonyl (C=O) groups is 1. The SMILES string of the molecule is CCC[C@@H](c1nn[nH]n1)N1C(=O)[C@@H](Cc2ccc(F)cc2)O[C@H](c2ccc(Cl)cc2)[C@@H]1c1ccc(Cl)cc1. The number of tetrazole rings is 1. The summed E-state index contributed by atoms with van der Waals surface area (Å²) in [6.45, 7) is 2.04. The summed E-state index contributed by atoms with van der Waals surface area (Å²) in [5.74, 6) is -0.118. The summed E-state index contributed by atoms with van der Waals surface area (Å²) in [4.78, 5) is 16.1. The molecule has 0 radical (unpaired) electrons. The molecule has 0 unspecified atom stereocenters. The van der Waals surface area contributed by atoms with E-state index >= 15 is 0 Å². The number of ether oxygens (including phenoxy) is 1. The molecule has 0 aliphatic carbocycles. The van der Waals surface area contributed by atoms with Crippen LogP contribution >= 0.6 is 23.2 Å². The van der Waals surface area contributed by atoms with Gasteiger partial charge >= 0.3 is 0 Å². The molecular formula is C28H26Cl2FN5O2. The number of rotatable bonds is 8. The van der Waals surface area contributed by atoms with Crippen LogP contribution in [0.2, 0.25) is 10.0 Å². The number of hydrogen-bond donors (Lipinski definition) is 1. The van der Waals surface area contributed by atoms with E-state index in [1.807, 2.05) is 36.1 Å². The van der Waals surface area contributed by atoms with Crippen molar-refractivity contribution in [3.63, 3.8) is 0 Å². The van der Waals surface area contributed by atoms with E-state index in [-0.39, 0.29) is 18.1 Å². The zero-order valence-electron chi connectivity index (χ0n) is 20.6. The van der Waals surface area contributed by atoms with Crippen LogP contribution in [0.5, 0.6) is 0 Å². The molecule has 7 nitrogen and oxygen atoms in total. The predicted octanol–water partition coefficient (Wildman–Crippen LogP) is 6.44. The van der Waals surface area contributed by atoms with E-state index in [9.17, 15) is 9.18 Å². The highest BCUT2D eigenvalue weighted by Crippen LogP contribution is 2.47. The van der Waals surface area contributed by atoms with Crippen LogP contribution in [0.15, 0.2) is 72.8 Å². The van der Waals surface area contributed by atoms with Gasteiger partial charge in [0.1, 0.15) is 18.0 Å². The largest absolute Gasteiger partial charge is 0.358 e. The smallest absolute Gasteiger partial charge is 0.253 e. The van der Waals surface area contributed by atoms with Crippen molar-refractivity contribution in [2.75, 3.05) is 0 Å². The minimum absolute atomic E-state index is 0.206. The van der Waals surface area contributed by atoms with Crippen molar-refractivity contribution in [3.05, 3.63) is 111 Å². The molecule has 0 saturated carbocycles. The van der Waals surface area contributed by atoms with Gasteiger partial charge in [0.2, 0.25) is 0 Å². The Bertz CT molecular complexity index is 1350. The van der Waals surface area contributed by atoms with Crippen LogP contribution in [0, 0.1) is 5.82 Å². The van der Waals surface area contributed by atoms with Crippen LogP contribution in [0.4, 0.5) is 4.39 Å². The number of nitrogens with one attached hydrogen (secondary N) is 1. The first-order chi connectivity index (χ1) is 18.4. The van der Waals surface area contributed by atoms with Gasteiger partial charge in [0.05, 0.1) is 12.1 Å². The van der Waals surface area contributed by atoms with Gasteiger partial charge in [0.15, 0.2) is 5.82 Å². The molecule has 4 atom stereocenters. The molecule has 1 amide bonds. The van der Waals surface area contributed by atoms with E-state index in [1.165, 1.54) is 12.1 Å². The molecule has 1 fully saturated rings. The molecule has 3 aromatic carbocycles. The highest BCUT2D eigenvalue weighted by Gasteiger charge is 2.47. The molecule has 38 heavy (non-hydrogen) atoms. The summed E-state index contributed by atoms with van der Waals surface area (Å²) in [5.41, 5.74) is 2.50. The van der Waals surface area contributed by atoms with E-state index < -0.39 is 24.3 Å². The highest BCUT2D eigenvalue weighted by molar-refractivity contribution is 6.30. The normalized spacial score (nSPS) is 20.5. The molecule has 5 rings (SSSR count). The Morgan fingerprint density at radius 3 is 2.18 bits per heavy atom. The number of amides is 1. The summed E-state index contributed by atoms with van der Waals surface area (Å²) >= 11 is 12.4. The summed E-state index contributed by atoms with van der Waals surface area (Å²) in [6.07, 6.45) is 0.314. The van der Waals surface area contributed by atoms with Gasteiger partial charge in [-0.2, -0.15) is 5.21 Å². The van der Waals surface area contributed by atoms with Crippen LogP contribution in [0.1, 0.15) is 60.5 Å². The highest BCUT2D eigenvalue weighted by atomic mass is 35.5. The molecular weight excluding hydrogens is 528 g/mol. The quantitative estimate of drug-likeness (QED) is 0.271. The number of carbonyl (C=O) groups excluding carboxylic acids is 1. The topological polar surface area (TPSA) is 84.0 Å². The standard InChI is InChI=1S/C28H26Cl2FN5O2/c1-2-3-23(27-32-34-35-33-27)36-25(18-6-10-20(29)11-7-18)26(19-8-12-21(30)13-9-19)38-24(28(36)37)16-17-4-14-22(31)15-5-17/h4-15,23-26H,2-3,16H2,1H3,(H,32,33,34,35)/t23-,24+,25-,26+/m0/s1. The van der Waals surface area contributed by atoms with E-state index in [4.69, 9.17) is 27.9 Å². The molecule has 1 aliphatic heterocycles. The van der Waals surface area contributed by atoms with Gasteiger partial charge in [-0.15, -0.1) is 10.2 Å². The minimum atomic E-state index is -0.823. The third-order valence-electron chi connectivity index (χ3n) is 6.73. The molecule has 196 valence electrons. The fraction of sp³-hybridized carbons (Fsp3) is 0.286. The first kappa shape index (κ1) is 26.3. The molecule has 2 heterocycles. The number of aromatic nitrogens is 4. The monoisotopic (exact) mass is 553 g/mol. The summed E-state index contributed by atoms with van der Waals surface area (Å²) in [7, 11) is 0. The summed E-state index contributed by atoms with van der Waals surface area (Å²) in [6, 6.07) is 19.9. The van der Waals surface area contributed by atoms with E-state index in [2.05, 4.69) is 20.6 Å². The lowest BCUT2D eigenvalue weighted by molar-refractivity contribution is -0.180. The third kappa shape index (κ3) is 5.57. The molecule has 1 saturated heterocycles. The van der Waals surface area contributed by atoms with Crippen LogP contribution < -0.4 is 0 Å². The molecule has 1 N–H and O–H groups in total. The zero-order valence-corrected chi connectivity index (χ0v) is 22.1. The fourth-order valence-electron chi connectivity index (χ4n) is 4.96. The van der Waals surface area contributed by atoms with Crippen LogP contribution in [0.3, 0.4) is 0 Å². The lowest BCUT2D eigenvalue weighted by atomic mass is 9.88. The van der Waals surface area contributed by atoms with Crippen molar-refractivity contribution in [2.45, 2.75) is 50.5 Å². The van der Waals surface area contributed by atoms with Gasteiger partial charge in [0, 0.05) is 16.5 Å². The second kappa shape index (κ2) is 11.6. The maximum atomic E-state index is 14.3. The van der Waals surface area contributed by atoms with Gasteiger partial charge in [-0.1, -0.05) is 78.2 Å². The van der Waals surface area contributed by atoms with Gasteiger partial charge in [-0.05, 0) is 59.5 Å². The zero-order chi connectivity index (χ0) is 26.6. The van der Waals surface area contributed by atoms with Crippen molar-refractivity contribution in [3.8, 4) is 0 Å². The molecule has 0 spiro atoms. The number of morpholine rings is 1. The van der Waals surface area contributed by atoms with Crippen molar-refractivity contribution in [1.82, 2.24) is 25.5 Å². The molecule has 0 bridgehead atoms. The number of H-pyrrole nitrogens is 1. The van der Waals surface area contributed by atoms with Gasteiger partial charge < -0.3 is 9.64 Å². The van der Waals surface area contributed by atoms with Crippen molar-refractivity contribution >= 4 is 29.1 Å². The second-order valence-electron chi connectivity index (χ2n) is 9.24. The molecule has 4 aromatic rings. The summed E-state index contributed by atoms with van der Waals surface area (Å²) < 4.78 is 20.2. The van der Waals surface area contributed by atoms with Crippen LogP contribution in [-0.4, -0.2) is 37.5 Å². The number of benzene rings is 3. The average Bonchev–Trinajstić information content (AvgIpc) is 3.46. The Hall–Kier alpha value is -3.33. The van der Waals surface area contributed by atoms with Crippen molar-refractivity contribution < 1.29 is 13.9 Å². The third-order valence-corrected chi connectivity index (χ3v) is 7.23. The molecule has 1 aromatic heterocycles. The average molecular weight is 554 g/mol. The lowest BCUT2D eigenvalue weighted by Gasteiger charge is -2.47. The minimum Gasteiger partial charge on any atom is -0.358 e. The van der Waals surface area contributed by atoms with E-state index in [1.54, 1.807) is 36.4 Å². The molecule has 1 aliphatic rings. The number of halogens is 3. The van der Waals surface area contributed by atoms with E-state index in [0.717, 1.165) is 23.1 Å². The van der Waals surface area contributed by atoms with E-state index in [0.29, 0.717) is 22.3 Å². The number of hydrogen-bond acceptors (Lipinski definition) is 5. The Kier molecular flexibility index (Phi) is 8.02. The van der Waals surface area contributed by atoms with Gasteiger partial charge in [0.25, 0.3) is 5.91 Å². The first-order valence-electron chi connectivity index (χ1n) is 12.4. The Labute approximate surface area is 229 Å². The Balaban J connectivity index is 1.65. The maximum absolute atomic E-state index is 14.3. The lowest BCUT2D eigenvalue weighted by Crippen LogP contribution is -2.53. The first-order valence-corrected chi connectivity index (χ1v) is 13.2. The number of nitrogens with zero attached hydrogens (tertiary/aromatic N) is 4. The summed E-state index contributed by atoms with van der Waals surface area (Å²) in [5, 5.41) is 16.0. The predicted molar refractivity (Wildman–Crippen MR) is 142 cm³/mol. The number of aromatic amines is 1. The Morgan fingerprint density at radius 1 is 0.974 bits per heavy atom. The Morgan fingerprint density at radius 2 is 1.61 bits per heavy atom. The van der Waals surface area contributed by atoms with Crippen LogP contribution in [-0.2, 0) is 16.0 Å². The molecule has 10 heteroatoms. The van der Waals surface area contributed by atoms with Gasteiger partial charge in [-0.3, -0.25) is 4.79 Å².